The number of hydrogen-bond acceptors (Lipinski definition) is 7. The van der Waals surface area contributed by atoms with Crippen molar-refractivity contribution in [3.05, 3.63) is 35.9 Å². The van der Waals surface area contributed by atoms with E-state index in [0.717, 1.165) is 6.92 Å². The lowest BCUT2D eigenvalue weighted by Gasteiger charge is -2.26. The molecule has 1 rings (SSSR count). The number of carboxylic acid groups (broad SMARTS) is 2. The molecule has 1 aromatic rings. The number of hydrogen-bond donors (Lipinski definition) is 5. The first-order valence-electron chi connectivity index (χ1n) is 10.9. The molecule has 192 valence electrons. The number of benzene rings is 1. The first-order chi connectivity index (χ1) is 16.4. The van der Waals surface area contributed by atoms with E-state index in [-0.39, 0.29) is 13.0 Å². The third-order valence-corrected chi connectivity index (χ3v) is 4.90. The lowest BCUT2D eigenvalue weighted by atomic mass is 10.0. The van der Waals surface area contributed by atoms with Crippen LogP contribution in [0.2, 0.25) is 0 Å². The van der Waals surface area contributed by atoms with E-state index < -0.39 is 72.5 Å². The maximum atomic E-state index is 12.9. The molecule has 12 heteroatoms. The normalized spacial score (nSPS) is 13.1. The van der Waals surface area contributed by atoms with Crippen molar-refractivity contribution in [1.29, 1.82) is 0 Å². The molecular formula is C23H31N3O9. The zero-order chi connectivity index (χ0) is 26.5. The molecule has 35 heavy (non-hydrogen) atoms. The Kier molecular flexibility index (Phi) is 11.9. The summed E-state index contributed by atoms with van der Waals surface area (Å²) in [5, 5.41) is 25.0. The SMILES string of the molecule is CC(=O)[C@H](CC(=O)O)NC(=O)[C@@H](NC(=O)[C@H](CCC(=O)O)NC(=O)OCc1ccccc1)C(C)C. The van der Waals surface area contributed by atoms with Gasteiger partial charge in [0.05, 0.1) is 12.5 Å². The zero-order valence-corrected chi connectivity index (χ0v) is 19.8. The van der Waals surface area contributed by atoms with Crippen molar-refractivity contribution < 1.29 is 43.7 Å². The third-order valence-electron chi connectivity index (χ3n) is 4.90. The van der Waals surface area contributed by atoms with Gasteiger partial charge in [-0.25, -0.2) is 4.79 Å². The second-order valence-electron chi connectivity index (χ2n) is 8.19. The van der Waals surface area contributed by atoms with Gasteiger partial charge in [-0.3, -0.25) is 24.0 Å². The molecule has 0 saturated carbocycles. The van der Waals surface area contributed by atoms with Gasteiger partial charge in [-0.15, -0.1) is 0 Å². The molecule has 0 bridgehead atoms. The van der Waals surface area contributed by atoms with Crippen molar-refractivity contribution in [3.63, 3.8) is 0 Å². The Bertz CT molecular complexity index is 918. The van der Waals surface area contributed by atoms with Crippen LogP contribution in [0, 0.1) is 5.92 Å². The summed E-state index contributed by atoms with van der Waals surface area (Å²) < 4.78 is 5.08. The number of Topliss-reactive ketones (excluding diaryl/α,β-unsaturated/α-hetero) is 1. The van der Waals surface area contributed by atoms with Crippen LogP contribution in [0.1, 0.15) is 45.6 Å². The minimum atomic E-state index is -1.33. The van der Waals surface area contributed by atoms with E-state index >= 15 is 0 Å². The van der Waals surface area contributed by atoms with Gasteiger partial charge in [0.15, 0.2) is 5.78 Å². The molecular weight excluding hydrogens is 462 g/mol. The Hall–Kier alpha value is -3.96. The van der Waals surface area contributed by atoms with E-state index in [1.54, 1.807) is 44.2 Å². The summed E-state index contributed by atoms with van der Waals surface area (Å²) in [6.45, 7) is 4.27. The fourth-order valence-corrected chi connectivity index (χ4v) is 2.96. The van der Waals surface area contributed by atoms with Gasteiger partial charge >= 0.3 is 18.0 Å². The lowest BCUT2D eigenvalue weighted by molar-refractivity contribution is -0.141. The highest BCUT2D eigenvalue weighted by molar-refractivity contribution is 5.95. The quantitative estimate of drug-likeness (QED) is 0.250. The highest BCUT2D eigenvalue weighted by atomic mass is 16.5. The van der Waals surface area contributed by atoms with E-state index in [1.807, 2.05) is 0 Å². The molecule has 5 N–H and O–H groups in total. The average Bonchev–Trinajstić information content (AvgIpc) is 2.78. The van der Waals surface area contributed by atoms with Crippen LogP contribution in [0.4, 0.5) is 4.79 Å². The summed E-state index contributed by atoms with van der Waals surface area (Å²) in [5.41, 5.74) is 0.701. The van der Waals surface area contributed by atoms with E-state index in [9.17, 15) is 28.8 Å². The van der Waals surface area contributed by atoms with E-state index in [4.69, 9.17) is 14.9 Å². The van der Waals surface area contributed by atoms with Crippen LogP contribution in [-0.2, 0) is 35.3 Å². The van der Waals surface area contributed by atoms with Crippen molar-refractivity contribution in [2.75, 3.05) is 0 Å². The molecule has 0 radical (unpaired) electrons. The molecule has 1 aromatic carbocycles. The van der Waals surface area contributed by atoms with Crippen LogP contribution < -0.4 is 16.0 Å². The van der Waals surface area contributed by atoms with E-state index in [1.165, 1.54) is 0 Å². The second kappa shape index (κ2) is 14.3. The number of aliphatic carboxylic acids is 2. The first kappa shape index (κ1) is 29.1. The molecule has 0 spiro atoms. The van der Waals surface area contributed by atoms with Crippen molar-refractivity contribution in [2.24, 2.45) is 5.92 Å². The summed E-state index contributed by atoms with van der Waals surface area (Å²) in [6, 6.07) is 4.95. The summed E-state index contributed by atoms with van der Waals surface area (Å²) in [6.07, 6.45) is -2.30. The molecule has 0 aliphatic heterocycles. The van der Waals surface area contributed by atoms with Crippen LogP contribution in [-0.4, -0.2) is 64.0 Å². The van der Waals surface area contributed by atoms with Crippen LogP contribution in [0.25, 0.3) is 0 Å². The fourth-order valence-electron chi connectivity index (χ4n) is 2.96. The van der Waals surface area contributed by atoms with Crippen molar-refractivity contribution in [3.8, 4) is 0 Å². The lowest BCUT2D eigenvalue weighted by Crippen LogP contribution is -2.57. The summed E-state index contributed by atoms with van der Waals surface area (Å²) >= 11 is 0. The summed E-state index contributed by atoms with van der Waals surface area (Å²) in [5.74, 6) is -5.17. The highest BCUT2D eigenvalue weighted by Gasteiger charge is 2.31. The predicted octanol–water partition coefficient (Wildman–Crippen LogP) is 0.836. The molecule has 12 nitrogen and oxygen atoms in total. The molecule has 0 aliphatic carbocycles. The van der Waals surface area contributed by atoms with Gasteiger partial charge in [-0.1, -0.05) is 44.2 Å². The van der Waals surface area contributed by atoms with Crippen molar-refractivity contribution >= 4 is 35.6 Å². The van der Waals surface area contributed by atoms with Gasteiger partial charge in [-0.05, 0) is 24.8 Å². The zero-order valence-electron chi connectivity index (χ0n) is 19.8. The first-order valence-corrected chi connectivity index (χ1v) is 10.9. The molecule has 3 amide bonds. The van der Waals surface area contributed by atoms with E-state index in [0.29, 0.717) is 5.56 Å². The largest absolute Gasteiger partial charge is 0.481 e. The van der Waals surface area contributed by atoms with Gasteiger partial charge in [0, 0.05) is 6.42 Å². The molecule has 3 atom stereocenters. The maximum Gasteiger partial charge on any atom is 0.408 e. The average molecular weight is 494 g/mol. The number of alkyl carbamates (subject to hydrolysis) is 1. The number of amides is 3. The van der Waals surface area contributed by atoms with Crippen molar-refractivity contribution in [1.82, 2.24) is 16.0 Å². The highest BCUT2D eigenvalue weighted by Crippen LogP contribution is 2.08. The third kappa shape index (κ3) is 11.1. The standard InChI is InChI=1S/C23H31N3O9/c1-13(2)20(22(33)24-17(14(3)27)11-19(30)31)26-21(32)16(9-10-18(28)29)25-23(34)35-12-15-7-5-4-6-8-15/h4-8,13,16-17,20H,9-12H2,1-3H3,(H,24,33)(H,25,34)(H,26,32)(H,28,29)(H,30,31)/t16-,17-,20-/m0/s1. The Labute approximate surface area is 202 Å². The number of rotatable bonds is 14. The van der Waals surface area contributed by atoms with Gasteiger partial charge in [0.1, 0.15) is 18.7 Å². The van der Waals surface area contributed by atoms with Gasteiger partial charge in [-0.2, -0.15) is 0 Å². The van der Waals surface area contributed by atoms with Crippen LogP contribution in [0.3, 0.4) is 0 Å². The fraction of sp³-hybridized carbons (Fsp3) is 0.478. The Morgan fingerprint density at radius 3 is 2.00 bits per heavy atom. The molecule has 0 fully saturated rings. The molecule has 0 unspecified atom stereocenters. The number of carbonyl (C=O) groups is 6. The molecule has 0 aliphatic rings. The maximum absolute atomic E-state index is 12.9. The number of ether oxygens (including phenoxy) is 1. The summed E-state index contributed by atoms with van der Waals surface area (Å²) in [7, 11) is 0. The van der Waals surface area contributed by atoms with Crippen LogP contribution in [0.15, 0.2) is 30.3 Å². The van der Waals surface area contributed by atoms with Gasteiger partial charge in [0.25, 0.3) is 0 Å². The molecule has 0 heterocycles. The van der Waals surface area contributed by atoms with Gasteiger partial charge < -0.3 is 30.9 Å². The Morgan fingerprint density at radius 1 is 0.857 bits per heavy atom. The predicted molar refractivity (Wildman–Crippen MR) is 122 cm³/mol. The Balaban J connectivity index is 2.89. The number of carboxylic acids is 2. The monoisotopic (exact) mass is 493 g/mol. The second-order valence-corrected chi connectivity index (χ2v) is 8.19. The van der Waals surface area contributed by atoms with Gasteiger partial charge in [0.2, 0.25) is 11.8 Å². The minimum absolute atomic E-state index is 0.0764. The smallest absolute Gasteiger partial charge is 0.408 e. The van der Waals surface area contributed by atoms with Crippen LogP contribution >= 0.6 is 0 Å². The number of nitrogens with one attached hydrogen (secondary N) is 3. The minimum Gasteiger partial charge on any atom is -0.481 e. The van der Waals surface area contributed by atoms with Crippen LogP contribution in [0.5, 0.6) is 0 Å². The topological polar surface area (TPSA) is 188 Å². The molecule has 0 aromatic heterocycles. The summed E-state index contributed by atoms with van der Waals surface area (Å²) in [4.78, 5) is 71.5. The number of carbonyl (C=O) groups excluding carboxylic acids is 4. The number of ketones is 1. The van der Waals surface area contributed by atoms with E-state index in [2.05, 4.69) is 16.0 Å². The Morgan fingerprint density at radius 2 is 1.49 bits per heavy atom. The van der Waals surface area contributed by atoms with Crippen molar-refractivity contribution in [2.45, 2.75) is 64.8 Å². The molecule has 0 saturated heterocycles.